The van der Waals surface area contributed by atoms with Crippen LogP contribution in [0.2, 0.25) is 10.0 Å². The highest BCUT2D eigenvalue weighted by atomic mass is 35.5. The lowest BCUT2D eigenvalue weighted by molar-refractivity contribution is 0.693. The van der Waals surface area contributed by atoms with Crippen LogP contribution in [0.4, 0.5) is 0 Å². The van der Waals surface area contributed by atoms with Gasteiger partial charge in [0.1, 0.15) is 0 Å². The Labute approximate surface area is 133 Å². The molecule has 1 atom stereocenters. The maximum absolute atomic E-state index is 6.33. The Hall–Kier alpha value is -1.61. The fraction of sp³-hybridized carbons (Fsp3) is 0.118. The first kappa shape index (κ1) is 14.3. The second-order valence-corrected chi connectivity index (χ2v) is 5.69. The minimum absolute atomic E-state index is 0.0131. The van der Waals surface area contributed by atoms with Gasteiger partial charge in [-0.3, -0.25) is 4.98 Å². The van der Waals surface area contributed by atoms with Crippen LogP contribution in [-0.4, -0.2) is 12.0 Å². The Bertz CT molecular complexity index is 787. The van der Waals surface area contributed by atoms with Crippen LogP contribution in [0.1, 0.15) is 17.2 Å². The summed E-state index contributed by atoms with van der Waals surface area (Å²) in [6.07, 6.45) is 1.80. The number of rotatable bonds is 3. The van der Waals surface area contributed by atoms with E-state index >= 15 is 0 Å². The highest BCUT2D eigenvalue weighted by molar-refractivity contribution is 6.33. The van der Waals surface area contributed by atoms with Crippen molar-refractivity contribution in [3.8, 4) is 0 Å². The number of halogens is 2. The topological polar surface area (TPSA) is 24.9 Å². The second kappa shape index (κ2) is 6.02. The van der Waals surface area contributed by atoms with Gasteiger partial charge in [0.15, 0.2) is 0 Å². The monoisotopic (exact) mass is 316 g/mol. The molecule has 0 saturated heterocycles. The molecular weight excluding hydrogens is 303 g/mol. The van der Waals surface area contributed by atoms with Gasteiger partial charge in [0.05, 0.1) is 11.6 Å². The van der Waals surface area contributed by atoms with E-state index in [4.69, 9.17) is 23.2 Å². The molecule has 106 valence electrons. The summed E-state index contributed by atoms with van der Waals surface area (Å²) < 4.78 is 0. The predicted molar refractivity (Wildman–Crippen MR) is 89.1 cm³/mol. The molecule has 0 aliphatic carbocycles. The molecule has 3 rings (SSSR count). The molecule has 2 aromatic carbocycles. The van der Waals surface area contributed by atoms with Gasteiger partial charge in [-0.2, -0.15) is 0 Å². The zero-order valence-electron chi connectivity index (χ0n) is 11.5. The molecule has 0 bridgehead atoms. The molecule has 2 nitrogen and oxygen atoms in total. The van der Waals surface area contributed by atoms with E-state index in [0.717, 1.165) is 22.0 Å². The van der Waals surface area contributed by atoms with Gasteiger partial charge in [-0.25, -0.2) is 0 Å². The highest BCUT2D eigenvalue weighted by Crippen LogP contribution is 2.31. The van der Waals surface area contributed by atoms with E-state index in [1.165, 1.54) is 0 Å². The molecule has 0 radical (unpaired) electrons. The first-order chi connectivity index (χ1) is 10.2. The largest absolute Gasteiger partial charge is 0.309 e. The molecule has 0 aliphatic rings. The van der Waals surface area contributed by atoms with Gasteiger partial charge in [-0.15, -0.1) is 0 Å². The molecule has 1 aromatic heterocycles. The lowest BCUT2D eigenvalue weighted by atomic mass is 9.97. The van der Waals surface area contributed by atoms with Crippen LogP contribution in [-0.2, 0) is 0 Å². The first-order valence-electron chi connectivity index (χ1n) is 6.66. The van der Waals surface area contributed by atoms with Gasteiger partial charge < -0.3 is 5.32 Å². The third-order valence-electron chi connectivity index (χ3n) is 3.52. The lowest BCUT2D eigenvalue weighted by Gasteiger charge is -2.19. The van der Waals surface area contributed by atoms with Crippen LogP contribution in [0.15, 0.2) is 54.7 Å². The molecule has 0 aliphatic heterocycles. The Morgan fingerprint density at radius 1 is 1.05 bits per heavy atom. The summed E-state index contributed by atoms with van der Waals surface area (Å²) in [6.45, 7) is 0. The number of hydrogen-bond donors (Lipinski definition) is 1. The van der Waals surface area contributed by atoms with E-state index in [1.54, 1.807) is 12.3 Å². The van der Waals surface area contributed by atoms with Crippen molar-refractivity contribution in [1.29, 1.82) is 0 Å². The number of benzene rings is 2. The number of hydrogen-bond acceptors (Lipinski definition) is 2. The minimum atomic E-state index is -0.0131. The fourth-order valence-electron chi connectivity index (χ4n) is 2.51. The summed E-state index contributed by atoms with van der Waals surface area (Å²) in [5, 5.41) is 5.79. The van der Waals surface area contributed by atoms with Gasteiger partial charge in [-0.05, 0) is 54.6 Å². The van der Waals surface area contributed by atoms with Gasteiger partial charge >= 0.3 is 0 Å². The zero-order chi connectivity index (χ0) is 14.8. The van der Waals surface area contributed by atoms with E-state index < -0.39 is 0 Å². The van der Waals surface area contributed by atoms with Crippen molar-refractivity contribution in [2.45, 2.75) is 6.04 Å². The number of nitrogens with zero attached hydrogens (tertiary/aromatic N) is 1. The summed E-state index contributed by atoms with van der Waals surface area (Å²) in [7, 11) is 1.91. The normalized spacial score (nSPS) is 12.5. The van der Waals surface area contributed by atoms with Crippen LogP contribution >= 0.6 is 23.2 Å². The number of pyridine rings is 1. The molecule has 0 spiro atoms. The minimum Gasteiger partial charge on any atom is -0.309 e. The van der Waals surface area contributed by atoms with Crippen molar-refractivity contribution in [2.24, 2.45) is 0 Å². The van der Waals surface area contributed by atoms with Crippen LogP contribution in [0, 0.1) is 0 Å². The van der Waals surface area contributed by atoms with Gasteiger partial charge in [-0.1, -0.05) is 35.3 Å². The fourth-order valence-corrected chi connectivity index (χ4v) is 2.92. The van der Waals surface area contributed by atoms with Crippen molar-refractivity contribution in [3.63, 3.8) is 0 Å². The highest BCUT2D eigenvalue weighted by Gasteiger charge is 2.16. The summed E-state index contributed by atoms with van der Waals surface area (Å²) in [5.41, 5.74) is 3.07. The number of fused-ring (bicyclic) bond motifs is 1. The van der Waals surface area contributed by atoms with E-state index in [0.29, 0.717) is 10.0 Å². The van der Waals surface area contributed by atoms with Gasteiger partial charge in [0.25, 0.3) is 0 Å². The molecule has 4 heteroatoms. The van der Waals surface area contributed by atoms with Gasteiger partial charge in [0, 0.05) is 21.6 Å². The molecule has 0 fully saturated rings. The molecular formula is C17H14Cl2N2. The maximum atomic E-state index is 6.33. The van der Waals surface area contributed by atoms with Crippen molar-refractivity contribution < 1.29 is 0 Å². The maximum Gasteiger partial charge on any atom is 0.0702 e. The third kappa shape index (κ3) is 2.88. The first-order valence-corrected chi connectivity index (χ1v) is 7.41. The molecule has 1 unspecified atom stereocenters. The molecule has 21 heavy (non-hydrogen) atoms. The van der Waals surface area contributed by atoms with Crippen LogP contribution in [0.5, 0.6) is 0 Å². The van der Waals surface area contributed by atoms with Crippen LogP contribution in [0.25, 0.3) is 10.9 Å². The van der Waals surface area contributed by atoms with Crippen molar-refractivity contribution in [2.75, 3.05) is 7.05 Å². The van der Waals surface area contributed by atoms with E-state index in [9.17, 15) is 0 Å². The van der Waals surface area contributed by atoms with Crippen molar-refractivity contribution >= 4 is 34.1 Å². The SMILES string of the molecule is CNC(c1ccc2ncccc2c1)c1cc(Cl)ccc1Cl. The standard InChI is InChI=1S/C17H14Cl2N2/c1-20-17(14-10-13(18)5-6-15(14)19)12-4-7-16-11(9-12)3-2-8-21-16/h2-10,17,20H,1H3. The summed E-state index contributed by atoms with van der Waals surface area (Å²) in [5.74, 6) is 0. The average molecular weight is 317 g/mol. The smallest absolute Gasteiger partial charge is 0.0702 e. The zero-order valence-corrected chi connectivity index (χ0v) is 13.0. The Morgan fingerprint density at radius 2 is 1.90 bits per heavy atom. The Morgan fingerprint density at radius 3 is 2.71 bits per heavy atom. The molecule has 1 N–H and O–H groups in total. The second-order valence-electron chi connectivity index (χ2n) is 4.84. The Balaban J connectivity index is 2.11. The summed E-state index contributed by atoms with van der Waals surface area (Å²) in [6, 6.07) is 15.7. The van der Waals surface area contributed by atoms with Crippen molar-refractivity contribution in [1.82, 2.24) is 10.3 Å². The molecule has 1 heterocycles. The molecule has 0 amide bonds. The number of nitrogens with one attached hydrogen (secondary N) is 1. The quantitative estimate of drug-likeness (QED) is 0.747. The van der Waals surface area contributed by atoms with E-state index in [-0.39, 0.29) is 6.04 Å². The molecule has 3 aromatic rings. The summed E-state index contributed by atoms with van der Waals surface area (Å²) >= 11 is 12.4. The van der Waals surface area contributed by atoms with Crippen molar-refractivity contribution in [3.05, 3.63) is 75.9 Å². The van der Waals surface area contributed by atoms with Crippen LogP contribution in [0.3, 0.4) is 0 Å². The lowest BCUT2D eigenvalue weighted by Crippen LogP contribution is -2.18. The summed E-state index contributed by atoms with van der Waals surface area (Å²) in [4.78, 5) is 4.34. The molecule has 0 saturated carbocycles. The van der Waals surface area contributed by atoms with E-state index in [1.807, 2.05) is 31.3 Å². The van der Waals surface area contributed by atoms with E-state index in [2.05, 4.69) is 28.5 Å². The van der Waals surface area contributed by atoms with Crippen LogP contribution < -0.4 is 5.32 Å². The predicted octanol–water partition coefficient (Wildman–Crippen LogP) is 4.85. The average Bonchev–Trinajstić information content (AvgIpc) is 2.51. The number of aromatic nitrogens is 1. The third-order valence-corrected chi connectivity index (χ3v) is 4.10. The van der Waals surface area contributed by atoms with Gasteiger partial charge in [0.2, 0.25) is 0 Å². The Kier molecular flexibility index (Phi) is 4.11.